The smallest absolute Gasteiger partial charge is 0.249 e. The number of nitrogens with zero attached hydrogens (tertiary/aromatic N) is 3. The molecule has 2 rings (SSSR count). The Hall–Kier alpha value is -1.89. The quantitative estimate of drug-likeness (QED) is 0.933. The first kappa shape index (κ1) is 12.6. The lowest BCUT2D eigenvalue weighted by molar-refractivity contribution is 0.325. The highest BCUT2D eigenvalue weighted by Crippen LogP contribution is 2.30. The molecule has 94 valence electrons. The highest BCUT2D eigenvalue weighted by molar-refractivity contribution is 9.10. The fourth-order valence-corrected chi connectivity index (χ4v) is 1.60. The maximum Gasteiger partial charge on any atom is 0.249 e. The summed E-state index contributed by atoms with van der Waals surface area (Å²) in [6.45, 7) is 2.32. The topological polar surface area (TPSA) is 83.2 Å². The Labute approximate surface area is 112 Å². The van der Waals surface area contributed by atoms with Crippen LogP contribution in [0.25, 0.3) is 0 Å². The minimum absolute atomic E-state index is 0.244. The highest BCUT2D eigenvalue weighted by Gasteiger charge is 2.11. The molecule has 0 saturated carbocycles. The first-order valence-corrected chi connectivity index (χ1v) is 6.01. The van der Waals surface area contributed by atoms with Crippen LogP contribution in [0.5, 0.6) is 17.5 Å². The molecule has 0 bridgehead atoms. The van der Waals surface area contributed by atoms with Gasteiger partial charge in [0.05, 0.1) is 12.8 Å². The molecule has 0 spiro atoms. The van der Waals surface area contributed by atoms with E-state index >= 15 is 0 Å². The molecule has 0 saturated heterocycles. The first-order chi connectivity index (χ1) is 8.70. The number of ether oxygens (including phenoxy) is 2. The van der Waals surface area contributed by atoms with Gasteiger partial charge in [-0.1, -0.05) is 0 Å². The first-order valence-electron chi connectivity index (χ1n) is 5.22. The molecule has 6 nitrogen and oxygen atoms in total. The van der Waals surface area contributed by atoms with E-state index in [-0.39, 0.29) is 11.6 Å². The molecular formula is C11H11BrN4O2. The van der Waals surface area contributed by atoms with Gasteiger partial charge in [0, 0.05) is 10.7 Å². The van der Waals surface area contributed by atoms with Crippen LogP contribution in [0.1, 0.15) is 6.92 Å². The minimum Gasteiger partial charge on any atom is -0.476 e. The standard InChI is InChI=1S/C11H11BrN4O2/c1-2-17-10-9(13)11(16-6-15-10)18-8-3-7(12)4-14-5-8/h3-6H,2,13H2,1H3. The number of hydrogen-bond donors (Lipinski definition) is 1. The molecule has 0 atom stereocenters. The third-order valence-electron chi connectivity index (χ3n) is 1.99. The molecule has 0 amide bonds. The zero-order valence-corrected chi connectivity index (χ0v) is 11.2. The second-order valence-corrected chi connectivity index (χ2v) is 4.19. The Morgan fingerprint density at radius 2 is 2.06 bits per heavy atom. The van der Waals surface area contributed by atoms with Crippen LogP contribution in [-0.4, -0.2) is 21.6 Å². The Kier molecular flexibility index (Phi) is 3.93. The van der Waals surface area contributed by atoms with Crippen molar-refractivity contribution in [1.29, 1.82) is 0 Å². The van der Waals surface area contributed by atoms with E-state index in [0.29, 0.717) is 18.2 Å². The molecule has 0 aliphatic rings. The van der Waals surface area contributed by atoms with Crippen molar-refractivity contribution in [3.8, 4) is 17.5 Å². The summed E-state index contributed by atoms with van der Waals surface area (Å²) in [4.78, 5) is 11.9. The van der Waals surface area contributed by atoms with Crippen LogP contribution < -0.4 is 15.2 Å². The summed E-state index contributed by atoms with van der Waals surface area (Å²) in [5.74, 6) is 1.08. The van der Waals surface area contributed by atoms with Gasteiger partial charge < -0.3 is 15.2 Å². The van der Waals surface area contributed by atoms with Gasteiger partial charge >= 0.3 is 0 Å². The molecule has 0 unspecified atom stereocenters. The van der Waals surface area contributed by atoms with Crippen molar-refractivity contribution in [2.45, 2.75) is 6.92 Å². The van der Waals surface area contributed by atoms with Crippen LogP contribution in [0.15, 0.2) is 29.3 Å². The predicted octanol–water partition coefficient (Wildman–Crippen LogP) is 2.41. The molecule has 2 aromatic heterocycles. The van der Waals surface area contributed by atoms with Gasteiger partial charge in [-0.25, -0.2) is 0 Å². The van der Waals surface area contributed by atoms with Crippen molar-refractivity contribution in [2.24, 2.45) is 0 Å². The number of nitrogen functional groups attached to an aromatic ring is 1. The van der Waals surface area contributed by atoms with Crippen molar-refractivity contribution in [1.82, 2.24) is 15.0 Å². The molecule has 2 heterocycles. The third kappa shape index (κ3) is 2.86. The number of nitrogens with two attached hydrogens (primary N) is 1. The number of hydrogen-bond acceptors (Lipinski definition) is 6. The number of rotatable bonds is 4. The van der Waals surface area contributed by atoms with E-state index in [9.17, 15) is 0 Å². The number of aromatic nitrogens is 3. The van der Waals surface area contributed by atoms with Crippen molar-refractivity contribution in [3.05, 3.63) is 29.3 Å². The van der Waals surface area contributed by atoms with Gasteiger partial charge in [0.25, 0.3) is 0 Å². The molecule has 7 heteroatoms. The van der Waals surface area contributed by atoms with Gasteiger partial charge in [0.2, 0.25) is 11.8 Å². The zero-order chi connectivity index (χ0) is 13.0. The van der Waals surface area contributed by atoms with Gasteiger partial charge in [-0.15, -0.1) is 0 Å². The van der Waals surface area contributed by atoms with E-state index in [1.807, 2.05) is 6.92 Å². The predicted molar refractivity (Wildman–Crippen MR) is 69.6 cm³/mol. The lowest BCUT2D eigenvalue weighted by Gasteiger charge is -2.09. The van der Waals surface area contributed by atoms with Gasteiger partial charge in [-0.2, -0.15) is 9.97 Å². The van der Waals surface area contributed by atoms with Crippen LogP contribution in [0.2, 0.25) is 0 Å². The van der Waals surface area contributed by atoms with Crippen molar-refractivity contribution >= 4 is 21.6 Å². The average Bonchev–Trinajstić information content (AvgIpc) is 2.35. The molecule has 0 radical (unpaired) electrons. The Balaban J connectivity index is 2.26. The van der Waals surface area contributed by atoms with E-state index in [2.05, 4.69) is 30.9 Å². The van der Waals surface area contributed by atoms with E-state index < -0.39 is 0 Å². The van der Waals surface area contributed by atoms with Crippen molar-refractivity contribution in [2.75, 3.05) is 12.3 Å². The SMILES string of the molecule is CCOc1ncnc(Oc2cncc(Br)c2)c1N. The van der Waals surface area contributed by atoms with Crippen LogP contribution in [-0.2, 0) is 0 Å². The van der Waals surface area contributed by atoms with Gasteiger partial charge in [-0.3, -0.25) is 4.98 Å². The van der Waals surface area contributed by atoms with Gasteiger partial charge in [-0.05, 0) is 28.9 Å². The summed E-state index contributed by atoms with van der Waals surface area (Å²) < 4.78 is 11.6. The van der Waals surface area contributed by atoms with E-state index in [4.69, 9.17) is 15.2 Å². The summed E-state index contributed by atoms with van der Waals surface area (Å²) in [7, 11) is 0. The number of pyridine rings is 1. The summed E-state index contributed by atoms with van der Waals surface area (Å²) in [6, 6.07) is 1.76. The second kappa shape index (κ2) is 5.63. The number of halogens is 1. The Morgan fingerprint density at radius 3 is 2.78 bits per heavy atom. The largest absolute Gasteiger partial charge is 0.476 e. The van der Waals surface area contributed by atoms with E-state index in [1.165, 1.54) is 6.33 Å². The van der Waals surface area contributed by atoms with E-state index in [0.717, 1.165) is 4.47 Å². The molecular weight excluding hydrogens is 300 g/mol. The van der Waals surface area contributed by atoms with Gasteiger partial charge in [0.1, 0.15) is 12.1 Å². The molecule has 0 aliphatic carbocycles. The number of anilines is 1. The summed E-state index contributed by atoms with van der Waals surface area (Å²) in [5.41, 5.74) is 6.11. The monoisotopic (exact) mass is 310 g/mol. The van der Waals surface area contributed by atoms with Crippen molar-refractivity contribution in [3.63, 3.8) is 0 Å². The molecule has 0 aliphatic heterocycles. The molecule has 2 aromatic rings. The zero-order valence-electron chi connectivity index (χ0n) is 9.63. The molecule has 0 aromatic carbocycles. The Bertz CT molecular complexity index is 550. The van der Waals surface area contributed by atoms with Crippen LogP contribution in [0.4, 0.5) is 5.69 Å². The maximum atomic E-state index is 5.85. The fraction of sp³-hybridized carbons (Fsp3) is 0.182. The average molecular weight is 311 g/mol. The summed E-state index contributed by atoms with van der Waals surface area (Å²) in [6.07, 6.45) is 4.55. The third-order valence-corrected chi connectivity index (χ3v) is 2.42. The lowest BCUT2D eigenvalue weighted by Crippen LogP contribution is -2.03. The summed E-state index contributed by atoms with van der Waals surface area (Å²) >= 11 is 3.30. The minimum atomic E-state index is 0.244. The van der Waals surface area contributed by atoms with Crippen LogP contribution in [0, 0.1) is 0 Å². The molecule has 0 fully saturated rings. The molecule has 2 N–H and O–H groups in total. The van der Waals surface area contributed by atoms with E-state index in [1.54, 1.807) is 18.5 Å². The highest BCUT2D eigenvalue weighted by atomic mass is 79.9. The van der Waals surface area contributed by atoms with Crippen LogP contribution in [0.3, 0.4) is 0 Å². The van der Waals surface area contributed by atoms with Crippen molar-refractivity contribution < 1.29 is 9.47 Å². The fourth-order valence-electron chi connectivity index (χ4n) is 1.26. The normalized spacial score (nSPS) is 10.1. The maximum absolute atomic E-state index is 5.85. The molecule has 18 heavy (non-hydrogen) atoms. The Morgan fingerprint density at radius 1 is 1.28 bits per heavy atom. The van der Waals surface area contributed by atoms with Gasteiger partial charge in [0.15, 0.2) is 5.69 Å². The second-order valence-electron chi connectivity index (χ2n) is 3.27. The lowest BCUT2D eigenvalue weighted by atomic mass is 10.4. The van der Waals surface area contributed by atoms with Crippen LogP contribution >= 0.6 is 15.9 Å². The summed E-state index contributed by atoms with van der Waals surface area (Å²) in [5, 5.41) is 0.